The molecule has 0 fully saturated rings. The number of hydrogen-bond donors (Lipinski definition) is 1. The van der Waals surface area contributed by atoms with Crippen molar-refractivity contribution in [3.8, 4) is 11.4 Å². The van der Waals surface area contributed by atoms with Gasteiger partial charge >= 0.3 is 0 Å². The fourth-order valence-electron chi connectivity index (χ4n) is 4.05. The van der Waals surface area contributed by atoms with E-state index in [4.69, 9.17) is 21.7 Å². The summed E-state index contributed by atoms with van der Waals surface area (Å²) in [4.78, 5) is 17.6. The van der Waals surface area contributed by atoms with E-state index in [1.807, 2.05) is 35.0 Å². The Balaban J connectivity index is 1.69. The van der Waals surface area contributed by atoms with Gasteiger partial charge in [0.2, 0.25) is 5.95 Å². The van der Waals surface area contributed by atoms with Crippen molar-refractivity contribution < 1.29 is 4.79 Å². The molecule has 0 amide bonds. The number of aromatic nitrogens is 3. The predicted molar refractivity (Wildman–Crippen MR) is 109 cm³/mol. The van der Waals surface area contributed by atoms with Crippen molar-refractivity contribution >= 4 is 23.3 Å². The molecule has 0 saturated carbocycles. The second kappa shape index (κ2) is 6.60. The summed E-state index contributed by atoms with van der Waals surface area (Å²) in [6.45, 7) is 2.06. The molecule has 2 aliphatic rings. The van der Waals surface area contributed by atoms with Crippen LogP contribution < -0.4 is 5.32 Å². The van der Waals surface area contributed by atoms with E-state index in [0.29, 0.717) is 23.2 Å². The lowest BCUT2D eigenvalue weighted by molar-refractivity contribution is -0.116. The molecule has 1 N–H and O–H groups in total. The third-order valence-electron chi connectivity index (χ3n) is 5.31. The van der Waals surface area contributed by atoms with Gasteiger partial charge in [0, 0.05) is 28.3 Å². The largest absolute Gasteiger partial charge is 0.328 e. The number of carbonyl (C=O) groups is 1. The lowest BCUT2D eigenvalue weighted by Gasteiger charge is -2.32. The Hall–Kier alpha value is -2.92. The fraction of sp³-hybridized carbons (Fsp3) is 0.227. The van der Waals surface area contributed by atoms with Crippen LogP contribution in [0.4, 0.5) is 5.95 Å². The van der Waals surface area contributed by atoms with Gasteiger partial charge in [0.1, 0.15) is 6.04 Å². The summed E-state index contributed by atoms with van der Waals surface area (Å²) in [5, 5.41) is 8.78. The normalized spacial score (nSPS) is 18.5. The van der Waals surface area contributed by atoms with E-state index in [0.717, 1.165) is 40.8 Å². The Morgan fingerprint density at radius 1 is 1.14 bits per heavy atom. The summed E-state index contributed by atoms with van der Waals surface area (Å²) in [6, 6.07) is 15.5. The first-order valence-corrected chi connectivity index (χ1v) is 9.80. The molecule has 2 heterocycles. The maximum absolute atomic E-state index is 12.9. The summed E-state index contributed by atoms with van der Waals surface area (Å²) in [5.74, 6) is 1.44. The number of aryl methyl sites for hydroxylation is 1. The minimum absolute atomic E-state index is 0.186. The Bertz CT molecular complexity index is 1130. The topological polar surface area (TPSA) is 59.8 Å². The van der Waals surface area contributed by atoms with Crippen LogP contribution in [0.15, 0.2) is 59.8 Å². The van der Waals surface area contributed by atoms with Crippen LogP contribution in [-0.4, -0.2) is 20.5 Å². The molecule has 1 aromatic heterocycles. The number of anilines is 1. The van der Waals surface area contributed by atoms with Crippen molar-refractivity contribution in [3.63, 3.8) is 0 Å². The highest BCUT2D eigenvalue weighted by atomic mass is 35.5. The third kappa shape index (κ3) is 2.83. The first kappa shape index (κ1) is 17.2. The smallest absolute Gasteiger partial charge is 0.226 e. The lowest BCUT2D eigenvalue weighted by Crippen LogP contribution is -2.31. The zero-order valence-electron chi connectivity index (χ0n) is 15.4. The number of hydrogen-bond acceptors (Lipinski definition) is 4. The van der Waals surface area contributed by atoms with Crippen molar-refractivity contribution in [2.45, 2.75) is 32.2 Å². The number of benzene rings is 2. The molecule has 2 aromatic carbocycles. The van der Waals surface area contributed by atoms with E-state index < -0.39 is 0 Å². The molecule has 28 heavy (non-hydrogen) atoms. The molecule has 0 bridgehead atoms. The standard InChI is InChI=1S/C22H19ClN4O/c1-13-5-2-6-14(11-13)20-19-17(9-4-10-18(19)28)24-22-25-21(26-27(20)22)15-7-3-8-16(23)12-15/h2-3,5-8,11-12,20H,4,9-10H2,1H3,(H,24,25,26). The third-order valence-corrected chi connectivity index (χ3v) is 5.54. The first-order valence-electron chi connectivity index (χ1n) is 9.42. The van der Waals surface area contributed by atoms with Gasteiger partial charge in [-0.25, -0.2) is 4.68 Å². The van der Waals surface area contributed by atoms with Crippen molar-refractivity contribution in [2.75, 3.05) is 5.32 Å². The Morgan fingerprint density at radius 2 is 2.00 bits per heavy atom. The zero-order chi connectivity index (χ0) is 19.3. The van der Waals surface area contributed by atoms with Crippen LogP contribution in [0.1, 0.15) is 36.4 Å². The number of halogens is 1. The van der Waals surface area contributed by atoms with Gasteiger partial charge in [-0.3, -0.25) is 4.79 Å². The van der Waals surface area contributed by atoms with E-state index in [1.54, 1.807) is 0 Å². The van der Waals surface area contributed by atoms with E-state index in [1.165, 1.54) is 0 Å². The van der Waals surface area contributed by atoms with Crippen LogP contribution in [0.25, 0.3) is 11.4 Å². The molecule has 5 rings (SSSR count). The molecule has 1 atom stereocenters. The molecule has 0 radical (unpaired) electrons. The number of ketones is 1. The average molecular weight is 391 g/mol. The van der Waals surface area contributed by atoms with E-state index in [9.17, 15) is 4.79 Å². The Kier molecular flexibility index (Phi) is 4.05. The zero-order valence-corrected chi connectivity index (χ0v) is 16.2. The summed E-state index contributed by atoms with van der Waals surface area (Å²) in [5.41, 5.74) is 4.84. The van der Waals surface area contributed by atoms with Crippen LogP contribution >= 0.6 is 11.6 Å². The molecule has 1 unspecified atom stereocenters. The molecule has 1 aliphatic heterocycles. The van der Waals surface area contributed by atoms with Crippen molar-refractivity contribution in [3.05, 3.63) is 76.0 Å². The van der Waals surface area contributed by atoms with Crippen molar-refractivity contribution in [1.29, 1.82) is 0 Å². The minimum Gasteiger partial charge on any atom is -0.328 e. The quantitative estimate of drug-likeness (QED) is 0.674. The van der Waals surface area contributed by atoms with Gasteiger partial charge in [-0.15, -0.1) is 5.10 Å². The van der Waals surface area contributed by atoms with Crippen LogP contribution in [0.2, 0.25) is 5.02 Å². The molecular weight excluding hydrogens is 372 g/mol. The summed E-state index contributed by atoms with van der Waals surface area (Å²) in [7, 11) is 0. The minimum atomic E-state index is -0.264. The number of Topliss-reactive ketones (excluding diaryl/α,β-unsaturated/α-hetero) is 1. The van der Waals surface area contributed by atoms with Crippen LogP contribution in [0, 0.1) is 6.92 Å². The highest BCUT2D eigenvalue weighted by Gasteiger charge is 2.36. The molecule has 5 nitrogen and oxygen atoms in total. The average Bonchev–Trinajstić information content (AvgIpc) is 3.10. The van der Waals surface area contributed by atoms with Crippen molar-refractivity contribution in [2.24, 2.45) is 0 Å². The molecule has 0 saturated heterocycles. The predicted octanol–water partition coefficient (Wildman–Crippen LogP) is 4.93. The number of fused-ring (bicyclic) bond motifs is 1. The molecule has 140 valence electrons. The first-order chi connectivity index (χ1) is 13.6. The van der Waals surface area contributed by atoms with Crippen molar-refractivity contribution in [1.82, 2.24) is 14.8 Å². The lowest BCUT2D eigenvalue weighted by atomic mass is 9.85. The second-order valence-electron chi connectivity index (χ2n) is 7.32. The second-order valence-corrected chi connectivity index (χ2v) is 7.76. The maximum atomic E-state index is 12.9. The summed E-state index contributed by atoms with van der Waals surface area (Å²) >= 11 is 6.15. The van der Waals surface area contributed by atoms with Gasteiger partial charge in [-0.1, -0.05) is 53.6 Å². The summed E-state index contributed by atoms with van der Waals surface area (Å²) in [6.07, 6.45) is 2.29. The van der Waals surface area contributed by atoms with Gasteiger partial charge in [-0.05, 0) is 37.5 Å². The number of rotatable bonds is 2. The van der Waals surface area contributed by atoms with Crippen LogP contribution in [0.3, 0.4) is 0 Å². The molecule has 1 aliphatic carbocycles. The molecule has 0 spiro atoms. The van der Waals surface area contributed by atoms with E-state index in [2.05, 4.69) is 30.4 Å². The molecular formula is C22H19ClN4O. The molecule has 3 aromatic rings. The van der Waals surface area contributed by atoms with Gasteiger partial charge < -0.3 is 5.32 Å². The van der Waals surface area contributed by atoms with Gasteiger partial charge in [-0.2, -0.15) is 4.98 Å². The van der Waals surface area contributed by atoms with E-state index >= 15 is 0 Å². The number of allylic oxidation sites excluding steroid dienone is 2. The summed E-state index contributed by atoms with van der Waals surface area (Å²) < 4.78 is 1.84. The van der Waals surface area contributed by atoms with Gasteiger partial charge in [0.25, 0.3) is 0 Å². The Labute approximate surface area is 168 Å². The number of nitrogens with one attached hydrogen (secondary N) is 1. The van der Waals surface area contributed by atoms with Crippen LogP contribution in [0.5, 0.6) is 0 Å². The number of nitrogens with zero attached hydrogens (tertiary/aromatic N) is 3. The Morgan fingerprint density at radius 3 is 2.82 bits per heavy atom. The number of carbonyl (C=O) groups excluding carboxylic acids is 1. The SMILES string of the molecule is Cc1cccc(C2C3=C(CCCC3=O)Nc3nc(-c4cccc(Cl)c4)nn32)c1. The van der Waals surface area contributed by atoms with Gasteiger partial charge in [0.05, 0.1) is 0 Å². The van der Waals surface area contributed by atoms with Gasteiger partial charge in [0.15, 0.2) is 11.6 Å². The van der Waals surface area contributed by atoms with E-state index in [-0.39, 0.29) is 11.8 Å². The highest BCUT2D eigenvalue weighted by Crippen LogP contribution is 2.40. The fourth-order valence-corrected chi connectivity index (χ4v) is 4.24. The maximum Gasteiger partial charge on any atom is 0.226 e. The monoisotopic (exact) mass is 390 g/mol. The van der Waals surface area contributed by atoms with Crippen LogP contribution in [-0.2, 0) is 4.79 Å². The highest BCUT2D eigenvalue weighted by molar-refractivity contribution is 6.30. The molecule has 6 heteroatoms.